The minimum atomic E-state index is 0.585. The minimum Gasteiger partial charge on any atom is -0.445 e. The van der Waals surface area contributed by atoms with E-state index in [2.05, 4.69) is 82.8 Å². The van der Waals surface area contributed by atoms with Crippen LogP contribution in [-0.2, 0) is 0 Å². The van der Waals surface area contributed by atoms with Crippen LogP contribution in [0.15, 0.2) is 107 Å². The summed E-state index contributed by atoms with van der Waals surface area (Å²) in [6.45, 7) is 0. The van der Waals surface area contributed by atoms with Gasteiger partial charge in [-0.3, -0.25) is 0 Å². The summed E-state index contributed by atoms with van der Waals surface area (Å²) >= 11 is 0. The van der Waals surface area contributed by atoms with Crippen LogP contribution in [0.4, 0.5) is 0 Å². The first-order valence-electron chi connectivity index (χ1n) is 9.74. The molecule has 0 aliphatic carbocycles. The standard InChI is InChI=1S/C26H16N2O2/c1-3-7-19-17(5-1)9-11-21(25-27-13-15-29-25)23(19)24-20-8-4-2-6-18(20)10-12-22(24)26-28-14-16-30-26/h1-16H. The van der Waals surface area contributed by atoms with E-state index in [0.717, 1.165) is 43.8 Å². The Bertz CT molecular complexity index is 1370. The second kappa shape index (κ2) is 6.71. The lowest BCUT2D eigenvalue weighted by molar-refractivity contribution is 0.574. The minimum absolute atomic E-state index is 0.585. The van der Waals surface area contributed by atoms with Crippen molar-refractivity contribution in [2.24, 2.45) is 0 Å². The molecule has 6 aromatic rings. The lowest BCUT2D eigenvalue weighted by atomic mass is 9.87. The smallest absolute Gasteiger partial charge is 0.226 e. The molecular weight excluding hydrogens is 372 g/mol. The molecule has 4 nitrogen and oxygen atoms in total. The van der Waals surface area contributed by atoms with Crippen molar-refractivity contribution in [2.75, 3.05) is 0 Å². The van der Waals surface area contributed by atoms with E-state index in [1.807, 2.05) is 0 Å². The van der Waals surface area contributed by atoms with E-state index in [4.69, 9.17) is 8.83 Å². The Morgan fingerprint density at radius 1 is 0.500 bits per heavy atom. The monoisotopic (exact) mass is 388 g/mol. The second-order valence-electron chi connectivity index (χ2n) is 7.09. The number of aromatic nitrogens is 2. The van der Waals surface area contributed by atoms with Crippen molar-refractivity contribution in [3.8, 4) is 34.0 Å². The number of fused-ring (bicyclic) bond motifs is 2. The molecule has 142 valence electrons. The summed E-state index contributed by atoms with van der Waals surface area (Å²) in [5, 5.41) is 4.54. The van der Waals surface area contributed by atoms with Crippen LogP contribution in [0.2, 0.25) is 0 Å². The summed E-state index contributed by atoms with van der Waals surface area (Å²) in [6.07, 6.45) is 6.55. The molecule has 2 aromatic heterocycles. The van der Waals surface area contributed by atoms with Crippen molar-refractivity contribution in [1.29, 1.82) is 0 Å². The number of nitrogens with zero attached hydrogens (tertiary/aromatic N) is 2. The summed E-state index contributed by atoms with van der Waals surface area (Å²) in [7, 11) is 0. The number of oxazole rings is 2. The highest BCUT2D eigenvalue weighted by molar-refractivity contribution is 6.13. The summed E-state index contributed by atoms with van der Waals surface area (Å²) in [6, 6.07) is 25.1. The highest BCUT2D eigenvalue weighted by atomic mass is 16.3. The van der Waals surface area contributed by atoms with Gasteiger partial charge in [-0.1, -0.05) is 60.7 Å². The molecule has 0 fully saturated rings. The zero-order valence-electron chi connectivity index (χ0n) is 15.9. The Kier molecular flexibility index (Phi) is 3.74. The molecule has 0 amide bonds. The Morgan fingerprint density at radius 3 is 1.40 bits per heavy atom. The molecule has 0 aliphatic rings. The van der Waals surface area contributed by atoms with Gasteiger partial charge in [0.05, 0.1) is 12.4 Å². The first-order chi connectivity index (χ1) is 14.9. The topological polar surface area (TPSA) is 52.1 Å². The first-order valence-corrected chi connectivity index (χ1v) is 9.74. The summed E-state index contributed by atoms with van der Waals surface area (Å²) in [5.41, 5.74) is 3.98. The largest absolute Gasteiger partial charge is 0.445 e. The van der Waals surface area contributed by atoms with E-state index in [0.29, 0.717) is 11.8 Å². The summed E-state index contributed by atoms with van der Waals surface area (Å²) in [5.74, 6) is 1.17. The van der Waals surface area contributed by atoms with Gasteiger partial charge in [0.1, 0.15) is 12.5 Å². The predicted octanol–water partition coefficient (Wildman–Crippen LogP) is 6.97. The van der Waals surface area contributed by atoms with Gasteiger partial charge in [-0.15, -0.1) is 0 Å². The second-order valence-corrected chi connectivity index (χ2v) is 7.09. The molecule has 0 saturated carbocycles. The highest BCUT2D eigenvalue weighted by Gasteiger charge is 2.21. The Morgan fingerprint density at radius 2 is 0.967 bits per heavy atom. The van der Waals surface area contributed by atoms with Crippen LogP contribution in [-0.4, -0.2) is 9.97 Å². The number of hydrogen-bond donors (Lipinski definition) is 0. The van der Waals surface area contributed by atoms with Gasteiger partial charge in [0.25, 0.3) is 0 Å². The molecule has 2 heterocycles. The summed E-state index contributed by atoms with van der Waals surface area (Å²) < 4.78 is 11.4. The lowest BCUT2D eigenvalue weighted by Crippen LogP contribution is -1.93. The van der Waals surface area contributed by atoms with Crippen LogP contribution < -0.4 is 0 Å². The Hall–Kier alpha value is -4.18. The fraction of sp³-hybridized carbons (Fsp3) is 0. The van der Waals surface area contributed by atoms with Gasteiger partial charge in [-0.25, -0.2) is 9.97 Å². The number of rotatable bonds is 3. The fourth-order valence-corrected chi connectivity index (χ4v) is 4.15. The van der Waals surface area contributed by atoms with E-state index in [1.54, 1.807) is 24.9 Å². The van der Waals surface area contributed by atoms with Gasteiger partial charge in [0.2, 0.25) is 11.8 Å². The zero-order valence-corrected chi connectivity index (χ0v) is 15.9. The van der Waals surface area contributed by atoms with Gasteiger partial charge < -0.3 is 8.83 Å². The van der Waals surface area contributed by atoms with Crippen LogP contribution in [0.1, 0.15) is 0 Å². The molecule has 0 radical (unpaired) electrons. The first kappa shape index (κ1) is 16.7. The van der Waals surface area contributed by atoms with E-state index < -0.39 is 0 Å². The van der Waals surface area contributed by atoms with Crippen LogP contribution in [0.3, 0.4) is 0 Å². The fourth-order valence-electron chi connectivity index (χ4n) is 4.15. The van der Waals surface area contributed by atoms with Crippen molar-refractivity contribution >= 4 is 21.5 Å². The van der Waals surface area contributed by atoms with Gasteiger partial charge in [-0.05, 0) is 33.7 Å². The maximum absolute atomic E-state index is 5.72. The number of benzene rings is 4. The van der Waals surface area contributed by atoms with E-state index in [9.17, 15) is 0 Å². The average molecular weight is 388 g/mol. The van der Waals surface area contributed by atoms with E-state index in [-0.39, 0.29) is 0 Å². The van der Waals surface area contributed by atoms with Crippen molar-refractivity contribution in [3.63, 3.8) is 0 Å². The van der Waals surface area contributed by atoms with Crippen molar-refractivity contribution in [3.05, 3.63) is 97.7 Å². The highest BCUT2D eigenvalue weighted by Crippen LogP contribution is 2.45. The maximum Gasteiger partial charge on any atom is 0.226 e. The Labute approximate surface area is 172 Å². The number of hydrogen-bond acceptors (Lipinski definition) is 4. The molecule has 0 unspecified atom stereocenters. The van der Waals surface area contributed by atoms with Gasteiger partial charge >= 0.3 is 0 Å². The molecule has 0 spiro atoms. The van der Waals surface area contributed by atoms with Crippen LogP contribution in [0, 0.1) is 0 Å². The lowest BCUT2D eigenvalue weighted by Gasteiger charge is -2.17. The van der Waals surface area contributed by atoms with Crippen LogP contribution in [0.5, 0.6) is 0 Å². The molecule has 0 aliphatic heterocycles. The van der Waals surface area contributed by atoms with E-state index in [1.165, 1.54) is 0 Å². The molecular formula is C26H16N2O2. The maximum atomic E-state index is 5.72. The van der Waals surface area contributed by atoms with Crippen molar-refractivity contribution < 1.29 is 8.83 Å². The van der Waals surface area contributed by atoms with E-state index >= 15 is 0 Å². The van der Waals surface area contributed by atoms with Gasteiger partial charge in [0.15, 0.2) is 0 Å². The van der Waals surface area contributed by atoms with Gasteiger partial charge in [0, 0.05) is 22.3 Å². The summed E-state index contributed by atoms with van der Waals surface area (Å²) in [4.78, 5) is 8.89. The molecule has 0 bridgehead atoms. The van der Waals surface area contributed by atoms with Crippen molar-refractivity contribution in [1.82, 2.24) is 9.97 Å². The molecule has 4 aromatic carbocycles. The molecule has 0 atom stereocenters. The normalized spacial score (nSPS) is 11.3. The van der Waals surface area contributed by atoms with Crippen LogP contribution in [0.25, 0.3) is 55.6 Å². The van der Waals surface area contributed by atoms with Gasteiger partial charge in [-0.2, -0.15) is 0 Å². The molecule has 6 rings (SSSR count). The molecule has 0 N–H and O–H groups in total. The SMILES string of the molecule is c1ccc2c(-c3c(-c4ncco4)ccc4ccccc34)c(-c3ncco3)ccc2c1. The molecule has 4 heteroatoms. The average Bonchev–Trinajstić information content (AvgIpc) is 3.52. The third kappa shape index (κ3) is 2.54. The van der Waals surface area contributed by atoms with Crippen molar-refractivity contribution in [2.45, 2.75) is 0 Å². The Balaban J connectivity index is 1.83. The third-order valence-electron chi connectivity index (χ3n) is 5.43. The predicted molar refractivity (Wildman–Crippen MR) is 118 cm³/mol. The zero-order chi connectivity index (χ0) is 19.9. The molecule has 30 heavy (non-hydrogen) atoms. The molecule has 0 saturated heterocycles. The van der Waals surface area contributed by atoms with Crippen LogP contribution >= 0.6 is 0 Å². The third-order valence-corrected chi connectivity index (χ3v) is 5.43. The quantitative estimate of drug-likeness (QED) is 0.328.